The Morgan fingerprint density at radius 3 is 1.29 bits per heavy atom. The monoisotopic (exact) mass is 859 g/mol. The lowest BCUT2D eigenvalue weighted by Gasteiger charge is -2.24. The van der Waals surface area contributed by atoms with Crippen LogP contribution >= 0.6 is 7.82 Å². The SMILES string of the molecule is CCCCCCCCCC/C=C\CCCCCCCCCCCC(=O)OC(COCCCCCCCCCCCCCCCCCC)COP(=O)(O)OCC[N+](C)(C)C. The molecule has 8 nitrogen and oxygen atoms in total. The van der Waals surface area contributed by atoms with E-state index in [1.807, 2.05) is 21.1 Å². The number of carbonyl (C=O) groups excluding carboxylic acids is 1. The number of allylic oxidation sites excluding steroid dienone is 2. The number of phosphoric ester groups is 1. The van der Waals surface area contributed by atoms with E-state index in [0.29, 0.717) is 24.1 Å². The molecule has 0 saturated carbocycles. The number of quaternary nitrogens is 1. The molecule has 0 saturated heterocycles. The number of esters is 1. The van der Waals surface area contributed by atoms with Crippen molar-refractivity contribution in [2.24, 2.45) is 0 Å². The van der Waals surface area contributed by atoms with Gasteiger partial charge in [0.2, 0.25) is 0 Å². The molecule has 9 heteroatoms. The fourth-order valence-corrected chi connectivity index (χ4v) is 8.11. The Bertz CT molecular complexity index is 956. The lowest BCUT2D eigenvalue weighted by atomic mass is 10.0. The van der Waals surface area contributed by atoms with Gasteiger partial charge in [0.05, 0.1) is 34.4 Å². The molecule has 1 N–H and O–H groups in total. The van der Waals surface area contributed by atoms with Crippen LogP contribution in [0.1, 0.15) is 245 Å². The van der Waals surface area contributed by atoms with Gasteiger partial charge in [0.15, 0.2) is 0 Å². The number of hydrogen-bond donors (Lipinski definition) is 1. The summed E-state index contributed by atoms with van der Waals surface area (Å²) in [6.45, 7) is 5.68. The largest absolute Gasteiger partial charge is 0.472 e. The summed E-state index contributed by atoms with van der Waals surface area (Å²) in [4.78, 5) is 23.0. The molecular weight excluding hydrogens is 758 g/mol. The van der Waals surface area contributed by atoms with Gasteiger partial charge in [-0.25, -0.2) is 4.57 Å². The molecule has 0 heterocycles. The van der Waals surface area contributed by atoms with Crippen molar-refractivity contribution in [3.63, 3.8) is 0 Å². The molecule has 0 fully saturated rings. The molecule has 0 aliphatic heterocycles. The molecule has 0 aliphatic carbocycles. The fourth-order valence-electron chi connectivity index (χ4n) is 7.37. The van der Waals surface area contributed by atoms with E-state index in [9.17, 15) is 14.3 Å². The van der Waals surface area contributed by atoms with Crippen LogP contribution in [-0.4, -0.2) is 75.6 Å². The van der Waals surface area contributed by atoms with E-state index < -0.39 is 13.9 Å². The van der Waals surface area contributed by atoms with Gasteiger partial charge in [0.1, 0.15) is 19.3 Å². The Hall–Kier alpha value is -0.760. The van der Waals surface area contributed by atoms with Crippen LogP contribution < -0.4 is 0 Å². The minimum Gasteiger partial charge on any atom is -0.457 e. The number of unbranched alkanes of at least 4 members (excludes halogenated alkanes) is 32. The van der Waals surface area contributed by atoms with Crippen LogP contribution in [0.15, 0.2) is 12.2 Å². The van der Waals surface area contributed by atoms with Crippen molar-refractivity contribution in [2.75, 3.05) is 54.1 Å². The van der Waals surface area contributed by atoms with E-state index >= 15 is 0 Å². The molecule has 352 valence electrons. The molecule has 59 heavy (non-hydrogen) atoms. The summed E-state index contributed by atoms with van der Waals surface area (Å²) in [7, 11) is 1.68. The summed E-state index contributed by atoms with van der Waals surface area (Å²) in [5.74, 6) is -0.310. The molecule has 0 amide bonds. The van der Waals surface area contributed by atoms with Gasteiger partial charge in [-0.3, -0.25) is 13.8 Å². The number of rotatable bonds is 48. The van der Waals surface area contributed by atoms with Crippen molar-refractivity contribution >= 4 is 13.8 Å². The number of likely N-dealkylation sites (N-methyl/N-ethyl adjacent to an activating group) is 1. The van der Waals surface area contributed by atoms with E-state index in [1.54, 1.807) is 0 Å². The maximum atomic E-state index is 12.8. The van der Waals surface area contributed by atoms with Gasteiger partial charge in [-0.2, -0.15) is 0 Å². The second-order valence-corrected chi connectivity index (χ2v) is 20.0. The summed E-state index contributed by atoms with van der Waals surface area (Å²) >= 11 is 0. The van der Waals surface area contributed by atoms with Crippen molar-refractivity contribution in [2.45, 2.75) is 251 Å². The maximum absolute atomic E-state index is 12.8. The van der Waals surface area contributed by atoms with Crippen molar-refractivity contribution in [1.29, 1.82) is 0 Å². The van der Waals surface area contributed by atoms with Gasteiger partial charge in [-0.1, -0.05) is 212 Å². The third-order valence-electron chi connectivity index (χ3n) is 11.3. The first-order valence-electron chi connectivity index (χ1n) is 25.4. The summed E-state index contributed by atoms with van der Waals surface area (Å²) in [5, 5.41) is 0. The average molecular weight is 859 g/mol. The lowest BCUT2D eigenvalue weighted by Crippen LogP contribution is -2.37. The second kappa shape index (κ2) is 43.9. The van der Waals surface area contributed by atoms with Crippen LogP contribution in [0.3, 0.4) is 0 Å². The zero-order valence-corrected chi connectivity index (χ0v) is 40.9. The lowest BCUT2D eigenvalue weighted by molar-refractivity contribution is -0.870. The maximum Gasteiger partial charge on any atom is 0.472 e. The smallest absolute Gasteiger partial charge is 0.457 e. The van der Waals surface area contributed by atoms with Crippen molar-refractivity contribution in [3.05, 3.63) is 12.2 Å². The number of nitrogens with zero attached hydrogens (tertiary/aromatic N) is 1. The normalized spacial score (nSPS) is 13.7. The molecule has 0 radical (unpaired) electrons. The van der Waals surface area contributed by atoms with Gasteiger partial charge in [0.25, 0.3) is 0 Å². The van der Waals surface area contributed by atoms with Crippen molar-refractivity contribution in [1.82, 2.24) is 0 Å². The van der Waals surface area contributed by atoms with Crippen LogP contribution in [0.4, 0.5) is 0 Å². The number of hydrogen-bond acceptors (Lipinski definition) is 6. The van der Waals surface area contributed by atoms with Crippen LogP contribution in [0.5, 0.6) is 0 Å². The molecule has 0 aromatic carbocycles. The van der Waals surface area contributed by atoms with E-state index in [2.05, 4.69) is 26.0 Å². The number of phosphoric acid groups is 1. The summed E-state index contributed by atoms with van der Waals surface area (Å²) in [6, 6.07) is 0. The number of carbonyl (C=O) groups is 1. The van der Waals surface area contributed by atoms with Crippen molar-refractivity contribution in [3.8, 4) is 0 Å². The second-order valence-electron chi connectivity index (χ2n) is 18.6. The van der Waals surface area contributed by atoms with Gasteiger partial charge in [0, 0.05) is 13.0 Å². The minimum absolute atomic E-state index is 0.0918. The van der Waals surface area contributed by atoms with Crippen LogP contribution in [0, 0.1) is 0 Å². The zero-order valence-electron chi connectivity index (χ0n) is 40.0. The van der Waals surface area contributed by atoms with Crippen LogP contribution in [0.2, 0.25) is 0 Å². The third kappa shape index (κ3) is 48.1. The highest BCUT2D eigenvalue weighted by Crippen LogP contribution is 2.43. The molecule has 0 rings (SSSR count). The van der Waals surface area contributed by atoms with Crippen LogP contribution in [-0.2, 0) is 27.9 Å². The van der Waals surface area contributed by atoms with E-state index in [0.717, 1.165) is 32.1 Å². The van der Waals surface area contributed by atoms with Gasteiger partial charge in [-0.15, -0.1) is 0 Å². The summed E-state index contributed by atoms with van der Waals surface area (Å²) < 4.78 is 35.1. The molecule has 0 spiro atoms. The molecule has 0 aromatic heterocycles. The van der Waals surface area contributed by atoms with E-state index in [1.165, 1.54) is 193 Å². The predicted octanol–water partition coefficient (Wildman–Crippen LogP) is 15.4. The predicted molar refractivity (Wildman–Crippen MR) is 252 cm³/mol. The molecule has 2 atom stereocenters. The third-order valence-corrected chi connectivity index (χ3v) is 12.3. The van der Waals surface area contributed by atoms with Crippen LogP contribution in [0.25, 0.3) is 0 Å². The first kappa shape index (κ1) is 58.2. The minimum atomic E-state index is -4.27. The summed E-state index contributed by atoms with van der Waals surface area (Å²) in [6.07, 6.45) is 49.6. The van der Waals surface area contributed by atoms with Gasteiger partial charge in [-0.05, 0) is 38.5 Å². The van der Waals surface area contributed by atoms with Crippen molar-refractivity contribution < 1.29 is 37.3 Å². The highest BCUT2D eigenvalue weighted by atomic mass is 31.2. The molecule has 2 unspecified atom stereocenters. The quantitative estimate of drug-likeness (QED) is 0.0214. The molecular formula is C50H101NO7P+. The number of ether oxygens (including phenoxy) is 2. The first-order valence-corrected chi connectivity index (χ1v) is 26.9. The standard InChI is InChI=1S/C50H100NO7P/c1-6-8-10-12-14-16-18-20-22-24-25-26-27-28-29-31-33-35-37-39-41-43-50(52)58-49(48-57-59(53,54)56-46-44-51(3,4)5)47-55-45-42-40-38-36-34-32-30-23-21-19-17-15-13-11-9-7-2/h24-25,49H,6-23,26-48H2,1-5H3/p+1/b25-24-. The summed E-state index contributed by atoms with van der Waals surface area (Å²) in [5.41, 5.74) is 0. The zero-order chi connectivity index (χ0) is 43.4. The molecule has 0 aliphatic rings. The average Bonchev–Trinajstić information content (AvgIpc) is 3.19. The highest BCUT2D eigenvalue weighted by Gasteiger charge is 2.26. The first-order chi connectivity index (χ1) is 28.6. The van der Waals surface area contributed by atoms with E-state index in [-0.39, 0.29) is 25.8 Å². The Balaban J connectivity index is 4.11. The fraction of sp³-hybridized carbons (Fsp3) is 0.940. The van der Waals surface area contributed by atoms with Gasteiger partial charge < -0.3 is 18.9 Å². The Kier molecular flexibility index (Phi) is 43.3. The van der Waals surface area contributed by atoms with Gasteiger partial charge >= 0.3 is 13.8 Å². The Morgan fingerprint density at radius 1 is 0.508 bits per heavy atom. The highest BCUT2D eigenvalue weighted by molar-refractivity contribution is 7.47. The van der Waals surface area contributed by atoms with E-state index in [4.69, 9.17) is 18.5 Å². The Morgan fingerprint density at radius 2 is 0.881 bits per heavy atom. The molecule has 0 aromatic rings. The Labute approximate surface area is 367 Å². The topological polar surface area (TPSA) is 91.3 Å². The molecule has 0 bridgehead atoms.